The molecule has 1 aliphatic heterocycles. The highest BCUT2D eigenvalue weighted by atomic mass is 127. The predicted octanol–water partition coefficient (Wildman–Crippen LogP) is 3.02. The van der Waals surface area contributed by atoms with Gasteiger partial charge in [-0.2, -0.15) is 0 Å². The molecule has 21 heavy (non-hydrogen) atoms. The van der Waals surface area contributed by atoms with Crippen LogP contribution in [0.25, 0.3) is 0 Å². The van der Waals surface area contributed by atoms with Gasteiger partial charge in [0, 0.05) is 11.4 Å². The largest absolute Gasteiger partial charge is 0.444 e. The number of carbonyl (C=O) groups is 1. The third kappa shape index (κ3) is 4.80. The number of hydrogen-bond acceptors (Lipinski definition) is 5. The number of amides is 1. The molecule has 2 heterocycles. The number of hydrogen-bond donors (Lipinski definition) is 1. The Hall–Kier alpha value is -0.380. The van der Waals surface area contributed by atoms with Crippen LogP contribution in [0.5, 0.6) is 0 Å². The van der Waals surface area contributed by atoms with Gasteiger partial charge in [-0.15, -0.1) is 11.3 Å². The summed E-state index contributed by atoms with van der Waals surface area (Å²) in [7, 11) is 0. The molecule has 118 valence electrons. The van der Waals surface area contributed by atoms with Crippen LogP contribution < -0.4 is 0 Å². The van der Waals surface area contributed by atoms with Crippen LogP contribution in [0.3, 0.4) is 0 Å². The average molecular weight is 425 g/mol. The number of aliphatic hydroxyl groups excluding tert-OH is 1. The third-order valence-electron chi connectivity index (χ3n) is 2.98. The van der Waals surface area contributed by atoms with Gasteiger partial charge in [0.15, 0.2) is 0 Å². The molecule has 1 N–H and O–H groups in total. The molecule has 1 aromatic heterocycles. The van der Waals surface area contributed by atoms with Crippen LogP contribution in [0.4, 0.5) is 4.79 Å². The summed E-state index contributed by atoms with van der Waals surface area (Å²) in [6.07, 6.45) is -1.49. The lowest BCUT2D eigenvalue weighted by Crippen LogP contribution is -2.49. The summed E-state index contributed by atoms with van der Waals surface area (Å²) >= 11 is 3.75. The molecule has 0 aromatic carbocycles. The Morgan fingerprint density at radius 3 is 2.86 bits per heavy atom. The molecule has 7 heteroatoms. The fraction of sp³-hybridized carbons (Fsp3) is 0.643. The summed E-state index contributed by atoms with van der Waals surface area (Å²) < 4.78 is 12.1. The van der Waals surface area contributed by atoms with E-state index in [0.29, 0.717) is 19.7 Å². The van der Waals surface area contributed by atoms with Gasteiger partial charge in [-0.3, -0.25) is 0 Å². The van der Waals surface area contributed by atoms with Gasteiger partial charge in [0.05, 0.1) is 16.0 Å². The second-order valence-corrected chi connectivity index (χ2v) is 8.93. The van der Waals surface area contributed by atoms with Crippen molar-refractivity contribution in [2.75, 3.05) is 19.7 Å². The zero-order valence-corrected chi connectivity index (χ0v) is 15.3. The van der Waals surface area contributed by atoms with Crippen LogP contribution in [0.1, 0.15) is 31.8 Å². The highest BCUT2D eigenvalue weighted by Crippen LogP contribution is 2.29. The summed E-state index contributed by atoms with van der Waals surface area (Å²) in [5.41, 5.74) is -0.520. The fourth-order valence-electron chi connectivity index (χ4n) is 2.03. The first-order valence-corrected chi connectivity index (χ1v) is 8.68. The lowest BCUT2D eigenvalue weighted by molar-refractivity contribution is -0.0898. The van der Waals surface area contributed by atoms with E-state index in [1.54, 1.807) is 4.90 Å². The molecule has 1 saturated heterocycles. The molecule has 0 spiro atoms. The quantitative estimate of drug-likeness (QED) is 0.741. The summed E-state index contributed by atoms with van der Waals surface area (Å²) in [6, 6.07) is 3.85. The van der Waals surface area contributed by atoms with Crippen LogP contribution in [0.15, 0.2) is 12.1 Å². The monoisotopic (exact) mass is 425 g/mol. The standard InChI is InChI=1S/C14H20INO4S/c1-14(2,3)20-13(18)16-6-7-19-9(8-16)12(17)10-4-5-11(15)21-10/h4-5,9,12,17H,6-8H2,1-3H3/t9-,12-/m0/s1. The smallest absolute Gasteiger partial charge is 0.410 e. The van der Waals surface area contributed by atoms with Crippen molar-refractivity contribution in [1.82, 2.24) is 4.90 Å². The minimum absolute atomic E-state index is 0.338. The zero-order chi connectivity index (χ0) is 15.6. The van der Waals surface area contributed by atoms with Gasteiger partial charge in [0.25, 0.3) is 0 Å². The van der Waals surface area contributed by atoms with Gasteiger partial charge in [-0.1, -0.05) is 0 Å². The predicted molar refractivity (Wildman–Crippen MR) is 89.5 cm³/mol. The second-order valence-electron chi connectivity index (χ2n) is 5.92. The number of morpholine rings is 1. The van der Waals surface area contributed by atoms with Crippen molar-refractivity contribution in [3.63, 3.8) is 0 Å². The molecular formula is C14H20INO4S. The molecule has 1 fully saturated rings. The summed E-state index contributed by atoms with van der Waals surface area (Å²) in [5.74, 6) is 0. The first-order chi connectivity index (χ1) is 9.76. The van der Waals surface area contributed by atoms with Gasteiger partial charge in [-0.25, -0.2) is 4.79 Å². The molecule has 0 radical (unpaired) electrons. The van der Waals surface area contributed by atoms with E-state index >= 15 is 0 Å². The molecule has 2 atom stereocenters. The molecular weight excluding hydrogens is 405 g/mol. The topological polar surface area (TPSA) is 59.0 Å². The minimum Gasteiger partial charge on any atom is -0.444 e. The Morgan fingerprint density at radius 2 is 2.29 bits per heavy atom. The van der Waals surface area contributed by atoms with E-state index in [0.717, 1.165) is 7.76 Å². The molecule has 1 aliphatic rings. The second kappa shape index (κ2) is 6.80. The van der Waals surface area contributed by atoms with Gasteiger partial charge in [0.2, 0.25) is 0 Å². The summed E-state index contributed by atoms with van der Waals surface area (Å²) in [6.45, 7) is 6.75. The third-order valence-corrected chi connectivity index (χ3v) is 4.95. The maximum absolute atomic E-state index is 12.1. The molecule has 0 unspecified atom stereocenters. The lowest BCUT2D eigenvalue weighted by atomic mass is 10.1. The van der Waals surface area contributed by atoms with Crippen LogP contribution in [-0.4, -0.2) is 47.5 Å². The van der Waals surface area contributed by atoms with Gasteiger partial charge >= 0.3 is 6.09 Å². The Morgan fingerprint density at radius 1 is 1.57 bits per heavy atom. The van der Waals surface area contributed by atoms with Crippen molar-refractivity contribution in [3.8, 4) is 0 Å². The van der Waals surface area contributed by atoms with Crippen LogP contribution in [0.2, 0.25) is 0 Å². The SMILES string of the molecule is CC(C)(C)OC(=O)N1CCO[C@H]([C@H](O)c2ccc(I)s2)C1. The van der Waals surface area contributed by atoms with Gasteiger partial charge in [-0.05, 0) is 55.5 Å². The average Bonchev–Trinajstić information content (AvgIpc) is 2.83. The summed E-state index contributed by atoms with van der Waals surface area (Å²) in [5, 5.41) is 10.4. The van der Waals surface area contributed by atoms with Gasteiger partial charge in [0.1, 0.15) is 17.8 Å². The molecule has 5 nitrogen and oxygen atoms in total. The van der Waals surface area contributed by atoms with Gasteiger partial charge < -0.3 is 19.5 Å². The zero-order valence-electron chi connectivity index (χ0n) is 12.3. The number of rotatable bonds is 2. The number of halogens is 1. The number of ether oxygens (including phenoxy) is 2. The highest BCUT2D eigenvalue weighted by molar-refractivity contribution is 14.1. The Balaban J connectivity index is 1.98. The molecule has 0 bridgehead atoms. The molecule has 1 amide bonds. The van der Waals surface area contributed by atoms with E-state index in [1.807, 2.05) is 32.9 Å². The van der Waals surface area contributed by atoms with E-state index < -0.39 is 17.8 Å². The van der Waals surface area contributed by atoms with Crippen molar-refractivity contribution in [1.29, 1.82) is 0 Å². The maximum Gasteiger partial charge on any atom is 0.410 e. The Labute approximate surface area is 142 Å². The fourth-order valence-corrected chi connectivity index (χ4v) is 3.74. The van der Waals surface area contributed by atoms with Crippen molar-refractivity contribution in [3.05, 3.63) is 19.9 Å². The van der Waals surface area contributed by atoms with E-state index in [9.17, 15) is 9.90 Å². The maximum atomic E-state index is 12.1. The number of nitrogens with zero attached hydrogens (tertiary/aromatic N) is 1. The first kappa shape index (κ1) is 17.0. The molecule has 0 aliphatic carbocycles. The van der Waals surface area contributed by atoms with Crippen molar-refractivity contribution in [2.24, 2.45) is 0 Å². The van der Waals surface area contributed by atoms with Crippen LogP contribution in [-0.2, 0) is 9.47 Å². The van der Waals surface area contributed by atoms with Crippen LogP contribution in [0, 0.1) is 2.88 Å². The van der Waals surface area contributed by atoms with Crippen LogP contribution >= 0.6 is 33.9 Å². The minimum atomic E-state index is -0.719. The lowest BCUT2D eigenvalue weighted by Gasteiger charge is -2.35. The number of aliphatic hydroxyl groups is 1. The number of carbonyl (C=O) groups excluding carboxylic acids is 1. The number of thiophene rings is 1. The Kier molecular flexibility index (Phi) is 5.50. The van der Waals surface area contributed by atoms with Crippen molar-refractivity contribution < 1.29 is 19.4 Å². The van der Waals surface area contributed by atoms with E-state index in [4.69, 9.17) is 9.47 Å². The van der Waals surface area contributed by atoms with Crippen molar-refractivity contribution in [2.45, 2.75) is 38.6 Å². The molecule has 1 aromatic rings. The van der Waals surface area contributed by atoms with E-state index in [1.165, 1.54) is 11.3 Å². The van der Waals surface area contributed by atoms with E-state index in [-0.39, 0.29) is 6.09 Å². The molecule has 0 saturated carbocycles. The first-order valence-electron chi connectivity index (χ1n) is 6.79. The van der Waals surface area contributed by atoms with Crippen molar-refractivity contribution >= 4 is 40.0 Å². The Bertz CT molecular complexity index is 499. The highest BCUT2D eigenvalue weighted by Gasteiger charge is 2.32. The normalized spacial score (nSPS) is 21.2. The van der Waals surface area contributed by atoms with E-state index in [2.05, 4.69) is 22.6 Å². The molecule has 2 rings (SSSR count). The summed E-state index contributed by atoms with van der Waals surface area (Å²) in [4.78, 5) is 14.5.